The van der Waals surface area contributed by atoms with Gasteiger partial charge in [0, 0.05) is 12.8 Å². The van der Waals surface area contributed by atoms with E-state index in [1.165, 1.54) is 0 Å². The SMILES string of the molecule is C=C1CCCC(=O)OB(C(=O)SCC)O1. The van der Waals surface area contributed by atoms with Crippen LogP contribution >= 0.6 is 11.8 Å². The summed E-state index contributed by atoms with van der Waals surface area (Å²) in [4.78, 5) is 22.6. The van der Waals surface area contributed by atoms with Crippen LogP contribution in [0.1, 0.15) is 26.2 Å². The molecule has 82 valence electrons. The van der Waals surface area contributed by atoms with Crippen molar-refractivity contribution < 1.29 is 18.9 Å². The second-order valence-electron chi connectivity index (χ2n) is 3.08. The molecule has 1 heterocycles. The fraction of sp³-hybridized carbons (Fsp3) is 0.556. The van der Waals surface area contributed by atoms with Crippen LogP contribution in [-0.2, 0) is 14.1 Å². The van der Waals surface area contributed by atoms with Gasteiger partial charge in [0.15, 0.2) is 0 Å². The molecule has 0 saturated carbocycles. The van der Waals surface area contributed by atoms with Crippen molar-refractivity contribution in [2.24, 2.45) is 0 Å². The number of hydrogen-bond acceptors (Lipinski definition) is 5. The van der Waals surface area contributed by atoms with Crippen LogP contribution in [0.5, 0.6) is 0 Å². The Labute approximate surface area is 93.5 Å². The molecule has 0 amide bonds. The summed E-state index contributed by atoms with van der Waals surface area (Å²) in [6.07, 6.45) is 1.55. The number of allylic oxidation sites excluding steroid dienone is 1. The molecule has 1 saturated heterocycles. The summed E-state index contributed by atoms with van der Waals surface area (Å²) >= 11 is 1.08. The zero-order valence-corrected chi connectivity index (χ0v) is 9.47. The molecule has 1 fully saturated rings. The van der Waals surface area contributed by atoms with E-state index in [0.29, 0.717) is 30.8 Å². The van der Waals surface area contributed by atoms with Crippen LogP contribution in [0.15, 0.2) is 12.3 Å². The second-order valence-corrected chi connectivity index (χ2v) is 4.35. The van der Waals surface area contributed by atoms with Crippen LogP contribution in [0, 0.1) is 0 Å². The van der Waals surface area contributed by atoms with Crippen molar-refractivity contribution in [2.45, 2.75) is 26.2 Å². The maximum atomic E-state index is 11.5. The van der Waals surface area contributed by atoms with E-state index < -0.39 is 13.1 Å². The Kier molecular flexibility index (Phi) is 4.75. The first-order valence-corrected chi connectivity index (χ1v) is 5.82. The Morgan fingerprint density at radius 2 is 2.27 bits per heavy atom. The first-order chi connectivity index (χ1) is 7.13. The van der Waals surface area contributed by atoms with Gasteiger partial charge in [-0.2, -0.15) is 0 Å². The predicted octanol–water partition coefficient (Wildman–Crippen LogP) is 2.19. The summed E-state index contributed by atoms with van der Waals surface area (Å²) in [6, 6.07) is 0. The van der Waals surface area contributed by atoms with Crippen molar-refractivity contribution in [2.75, 3.05) is 5.75 Å². The van der Waals surface area contributed by atoms with E-state index in [1.54, 1.807) is 0 Å². The van der Waals surface area contributed by atoms with Crippen LogP contribution in [0.4, 0.5) is 4.79 Å². The Bertz CT molecular complexity index is 261. The first-order valence-electron chi connectivity index (χ1n) is 4.84. The molecule has 1 aliphatic rings. The third-order valence-corrected chi connectivity index (χ3v) is 2.59. The lowest BCUT2D eigenvalue weighted by Crippen LogP contribution is -2.34. The molecule has 0 bridgehead atoms. The van der Waals surface area contributed by atoms with Crippen molar-refractivity contribution in [3.8, 4) is 0 Å². The maximum absolute atomic E-state index is 11.5. The summed E-state index contributed by atoms with van der Waals surface area (Å²) in [5.41, 5.74) is 0. The molecule has 0 atom stereocenters. The van der Waals surface area contributed by atoms with Crippen LogP contribution in [0.25, 0.3) is 0 Å². The van der Waals surface area contributed by atoms with Gasteiger partial charge in [0.05, 0.1) is 5.76 Å². The van der Waals surface area contributed by atoms with Crippen LogP contribution in [0.2, 0.25) is 0 Å². The summed E-state index contributed by atoms with van der Waals surface area (Å²) in [7, 11) is -1.12. The largest absolute Gasteiger partial charge is 0.684 e. The highest BCUT2D eigenvalue weighted by molar-refractivity contribution is 8.16. The lowest BCUT2D eigenvalue weighted by molar-refractivity contribution is -0.136. The van der Waals surface area contributed by atoms with Gasteiger partial charge in [-0.25, -0.2) is 0 Å². The highest BCUT2D eigenvalue weighted by atomic mass is 32.2. The summed E-state index contributed by atoms with van der Waals surface area (Å²) in [5.74, 6) is 0.734. The molecule has 0 N–H and O–H groups in total. The van der Waals surface area contributed by atoms with Crippen LogP contribution < -0.4 is 0 Å². The molecule has 0 unspecified atom stereocenters. The van der Waals surface area contributed by atoms with Crippen molar-refractivity contribution >= 4 is 29.9 Å². The van der Waals surface area contributed by atoms with Gasteiger partial charge in [-0.1, -0.05) is 25.3 Å². The topological polar surface area (TPSA) is 52.6 Å². The second kappa shape index (κ2) is 5.85. The van der Waals surface area contributed by atoms with E-state index in [9.17, 15) is 9.59 Å². The van der Waals surface area contributed by atoms with E-state index in [0.717, 1.165) is 11.8 Å². The lowest BCUT2D eigenvalue weighted by Gasteiger charge is -2.18. The molecule has 15 heavy (non-hydrogen) atoms. The number of rotatable bonds is 2. The average Bonchev–Trinajstić information content (AvgIpc) is 2.14. The van der Waals surface area contributed by atoms with Gasteiger partial charge >= 0.3 is 7.12 Å². The zero-order valence-electron chi connectivity index (χ0n) is 8.65. The summed E-state index contributed by atoms with van der Waals surface area (Å²) in [6.45, 7) is 5.51. The monoisotopic (exact) mass is 228 g/mol. The molecule has 0 radical (unpaired) electrons. The Morgan fingerprint density at radius 3 is 2.93 bits per heavy atom. The molecule has 1 rings (SSSR count). The number of carbonyl (C=O) groups is 2. The van der Waals surface area contributed by atoms with Gasteiger partial charge in [0.1, 0.15) is 0 Å². The quantitative estimate of drug-likeness (QED) is 0.678. The van der Waals surface area contributed by atoms with Gasteiger partial charge < -0.3 is 9.31 Å². The highest BCUT2D eigenvalue weighted by Gasteiger charge is 2.36. The highest BCUT2D eigenvalue weighted by Crippen LogP contribution is 2.17. The smallest absolute Gasteiger partial charge is 0.524 e. The minimum atomic E-state index is -1.12. The standard InChI is InChI=1S/C9H13BO4S/c1-3-15-9(12)10-13-7(2)5-4-6-8(11)14-10/h2-6H2,1H3. The number of hydrogen-bond donors (Lipinski definition) is 0. The van der Waals surface area contributed by atoms with Crippen LogP contribution in [-0.4, -0.2) is 23.9 Å². The molecule has 0 aliphatic carbocycles. The molecule has 6 heteroatoms. The van der Waals surface area contributed by atoms with Gasteiger partial charge in [0.25, 0.3) is 5.97 Å². The van der Waals surface area contributed by atoms with Crippen molar-refractivity contribution in [1.82, 2.24) is 0 Å². The third-order valence-electron chi connectivity index (χ3n) is 1.83. The van der Waals surface area contributed by atoms with Gasteiger partial charge in [-0.05, 0) is 12.2 Å². The summed E-state index contributed by atoms with van der Waals surface area (Å²) < 4.78 is 10.1. The summed E-state index contributed by atoms with van der Waals surface area (Å²) in [5, 5.41) is -0.283. The van der Waals surface area contributed by atoms with E-state index in [2.05, 4.69) is 6.58 Å². The van der Waals surface area contributed by atoms with Gasteiger partial charge in [-0.15, -0.1) is 0 Å². The molecule has 0 aromatic carbocycles. The Balaban J connectivity index is 2.61. The predicted molar refractivity (Wildman–Crippen MR) is 59.5 cm³/mol. The van der Waals surface area contributed by atoms with E-state index in [-0.39, 0.29) is 5.01 Å². The lowest BCUT2D eigenvalue weighted by atomic mass is 9.92. The third kappa shape index (κ3) is 3.99. The van der Waals surface area contributed by atoms with Crippen molar-refractivity contribution in [1.29, 1.82) is 0 Å². The van der Waals surface area contributed by atoms with E-state index >= 15 is 0 Å². The fourth-order valence-corrected chi connectivity index (χ4v) is 1.67. The maximum Gasteiger partial charge on any atom is 0.684 e. The van der Waals surface area contributed by atoms with E-state index in [1.807, 2.05) is 6.92 Å². The van der Waals surface area contributed by atoms with Gasteiger partial charge in [-0.3, -0.25) is 9.59 Å². The number of carbonyl (C=O) groups excluding carboxylic acids is 2. The molecular weight excluding hydrogens is 215 g/mol. The normalized spacial score (nSPS) is 17.5. The molecular formula is C9H13BO4S. The Hall–Kier alpha value is -0.905. The average molecular weight is 228 g/mol. The molecule has 0 aromatic heterocycles. The van der Waals surface area contributed by atoms with Crippen molar-refractivity contribution in [3.05, 3.63) is 12.3 Å². The minimum Gasteiger partial charge on any atom is -0.524 e. The molecule has 0 aromatic rings. The van der Waals surface area contributed by atoms with Crippen molar-refractivity contribution in [3.63, 3.8) is 0 Å². The minimum absolute atomic E-state index is 0.283. The van der Waals surface area contributed by atoms with Crippen LogP contribution in [0.3, 0.4) is 0 Å². The Morgan fingerprint density at radius 1 is 1.53 bits per heavy atom. The molecule has 4 nitrogen and oxygen atoms in total. The zero-order chi connectivity index (χ0) is 11.3. The van der Waals surface area contributed by atoms with E-state index in [4.69, 9.17) is 9.31 Å². The van der Waals surface area contributed by atoms with Gasteiger partial charge in [0.2, 0.25) is 5.01 Å². The molecule has 1 aliphatic heterocycles. The number of thioether (sulfide) groups is 1. The first kappa shape index (κ1) is 12.2. The fourth-order valence-electron chi connectivity index (χ4n) is 1.15. The molecule has 0 spiro atoms.